The van der Waals surface area contributed by atoms with Gasteiger partial charge in [-0.25, -0.2) is 9.37 Å². The molecule has 5 rings (SSSR count). The molecule has 0 aliphatic heterocycles. The number of para-hydroxylation sites is 2. The molecule has 0 aliphatic carbocycles. The lowest BCUT2D eigenvalue weighted by molar-refractivity contribution is 0.556. The van der Waals surface area contributed by atoms with Gasteiger partial charge >= 0.3 is 0 Å². The SMILES string of the molecule is Fc1ccc(-n2c(SCc3nc4ccccc4o3)nnc2-c2ccncc2)cc1. The molecule has 0 radical (unpaired) electrons. The molecule has 8 heteroatoms. The summed E-state index contributed by atoms with van der Waals surface area (Å²) in [6, 6.07) is 17.6. The van der Waals surface area contributed by atoms with Gasteiger partial charge in [0.05, 0.1) is 5.75 Å². The van der Waals surface area contributed by atoms with Crippen molar-refractivity contribution < 1.29 is 8.81 Å². The molecular formula is C21H14FN5OS. The molecule has 2 aromatic carbocycles. The number of thioether (sulfide) groups is 1. The Morgan fingerprint density at radius 2 is 1.72 bits per heavy atom. The van der Waals surface area contributed by atoms with Crippen molar-refractivity contribution in [1.29, 1.82) is 0 Å². The molecule has 0 amide bonds. The van der Waals surface area contributed by atoms with Gasteiger partial charge in [-0.15, -0.1) is 10.2 Å². The Balaban J connectivity index is 1.52. The number of pyridine rings is 1. The molecule has 0 saturated carbocycles. The summed E-state index contributed by atoms with van der Waals surface area (Å²) in [5.74, 6) is 1.45. The fraction of sp³-hybridized carbons (Fsp3) is 0.0476. The van der Waals surface area contributed by atoms with Crippen LogP contribution in [0, 0.1) is 5.82 Å². The van der Waals surface area contributed by atoms with Crippen LogP contribution in [0.2, 0.25) is 0 Å². The fourth-order valence-electron chi connectivity index (χ4n) is 2.98. The molecule has 0 bridgehead atoms. The molecule has 142 valence electrons. The summed E-state index contributed by atoms with van der Waals surface area (Å²) >= 11 is 1.45. The molecule has 0 aliphatic rings. The van der Waals surface area contributed by atoms with Gasteiger partial charge < -0.3 is 4.42 Å². The molecule has 0 unspecified atom stereocenters. The van der Waals surface area contributed by atoms with Crippen molar-refractivity contribution in [3.63, 3.8) is 0 Å². The van der Waals surface area contributed by atoms with Crippen molar-refractivity contribution in [2.75, 3.05) is 0 Å². The number of hydrogen-bond acceptors (Lipinski definition) is 6. The molecular weight excluding hydrogens is 389 g/mol. The van der Waals surface area contributed by atoms with E-state index in [4.69, 9.17) is 4.42 Å². The molecule has 29 heavy (non-hydrogen) atoms. The minimum absolute atomic E-state index is 0.298. The maximum atomic E-state index is 13.4. The number of rotatable bonds is 5. The molecule has 0 saturated heterocycles. The van der Waals surface area contributed by atoms with E-state index in [-0.39, 0.29) is 5.82 Å². The Bertz CT molecular complexity index is 1230. The zero-order valence-electron chi connectivity index (χ0n) is 15.1. The smallest absolute Gasteiger partial charge is 0.205 e. The first-order valence-corrected chi connectivity index (χ1v) is 9.85. The second-order valence-electron chi connectivity index (χ2n) is 6.22. The van der Waals surface area contributed by atoms with Crippen LogP contribution in [0.15, 0.2) is 82.6 Å². The van der Waals surface area contributed by atoms with E-state index in [2.05, 4.69) is 20.2 Å². The third-order valence-corrected chi connectivity index (χ3v) is 5.23. The van der Waals surface area contributed by atoms with Crippen molar-refractivity contribution in [2.24, 2.45) is 0 Å². The monoisotopic (exact) mass is 403 g/mol. The lowest BCUT2D eigenvalue weighted by atomic mass is 10.2. The van der Waals surface area contributed by atoms with Gasteiger partial charge in [0.15, 0.2) is 16.6 Å². The minimum atomic E-state index is -0.298. The number of fused-ring (bicyclic) bond motifs is 1. The molecule has 0 spiro atoms. The van der Waals surface area contributed by atoms with Crippen LogP contribution < -0.4 is 0 Å². The maximum absolute atomic E-state index is 13.4. The molecule has 5 aromatic rings. The third kappa shape index (κ3) is 3.50. The lowest BCUT2D eigenvalue weighted by Crippen LogP contribution is -2.00. The van der Waals surface area contributed by atoms with Crippen LogP contribution in [0.25, 0.3) is 28.2 Å². The minimum Gasteiger partial charge on any atom is -0.440 e. The number of aromatic nitrogens is 5. The quantitative estimate of drug-likeness (QED) is 0.389. The van der Waals surface area contributed by atoms with E-state index in [0.717, 1.165) is 22.4 Å². The zero-order valence-corrected chi connectivity index (χ0v) is 15.9. The standard InChI is InChI=1S/C21H14FN5OS/c22-15-5-7-16(8-6-15)27-20(14-9-11-23-12-10-14)25-26-21(27)29-13-19-24-17-3-1-2-4-18(17)28-19/h1-12H,13H2. The average molecular weight is 403 g/mol. The molecule has 6 nitrogen and oxygen atoms in total. The Kier molecular flexibility index (Phi) is 4.53. The van der Waals surface area contributed by atoms with Crippen LogP contribution in [-0.2, 0) is 5.75 Å². The summed E-state index contributed by atoms with van der Waals surface area (Å²) in [5.41, 5.74) is 3.20. The van der Waals surface area contributed by atoms with E-state index in [1.807, 2.05) is 41.0 Å². The second-order valence-corrected chi connectivity index (χ2v) is 7.16. The summed E-state index contributed by atoms with van der Waals surface area (Å²) in [6.07, 6.45) is 3.40. The Labute approximate surface area is 169 Å². The van der Waals surface area contributed by atoms with Crippen molar-refractivity contribution >= 4 is 22.9 Å². The van der Waals surface area contributed by atoms with Crippen LogP contribution in [0.5, 0.6) is 0 Å². The molecule has 0 N–H and O–H groups in total. The molecule has 3 heterocycles. The summed E-state index contributed by atoms with van der Waals surface area (Å²) in [5, 5.41) is 9.37. The highest BCUT2D eigenvalue weighted by Crippen LogP contribution is 2.30. The van der Waals surface area contributed by atoms with Crippen LogP contribution in [0.1, 0.15) is 5.89 Å². The highest BCUT2D eigenvalue weighted by atomic mass is 32.2. The largest absolute Gasteiger partial charge is 0.440 e. The Morgan fingerprint density at radius 1 is 0.931 bits per heavy atom. The van der Waals surface area contributed by atoms with E-state index < -0.39 is 0 Å². The summed E-state index contributed by atoms with van der Waals surface area (Å²) in [7, 11) is 0. The Morgan fingerprint density at radius 3 is 2.52 bits per heavy atom. The first-order valence-electron chi connectivity index (χ1n) is 8.87. The van der Waals surface area contributed by atoms with Gasteiger partial charge in [0.25, 0.3) is 0 Å². The topological polar surface area (TPSA) is 69.6 Å². The summed E-state index contributed by atoms with van der Waals surface area (Å²) in [6.45, 7) is 0. The third-order valence-electron chi connectivity index (χ3n) is 4.32. The van der Waals surface area contributed by atoms with Gasteiger partial charge in [0.2, 0.25) is 5.89 Å². The highest BCUT2D eigenvalue weighted by molar-refractivity contribution is 7.98. The second kappa shape index (κ2) is 7.48. The first kappa shape index (κ1) is 17.6. The Hall–Kier alpha value is -3.52. The van der Waals surface area contributed by atoms with Gasteiger partial charge in [0.1, 0.15) is 11.3 Å². The molecule has 3 aromatic heterocycles. The van der Waals surface area contributed by atoms with Crippen LogP contribution in [-0.4, -0.2) is 24.7 Å². The van der Waals surface area contributed by atoms with Crippen molar-refractivity contribution in [1.82, 2.24) is 24.7 Å². The lowest BCUT2D eigenvalue weighted by Gasteiger charge is -2.10. The number of oxazole rings is 1. The van der Waals surface area contributed by atoms with E-state index in [1.165, 1.54) is 23.9 Å². The normalized spacial score (nSPS) is 11.2. The van der Waals surface area contributed by atoms with Crippen molar-refractivity contribution in [3.8, 4) is 17.1 Å². The van der Waals surface area contributed by atoms with Gasteiger partial charge in [0, 0.05) is 23.6 Å². The number of halogens is 1. The molecule has 0 fully saturated rings. The predicted octanol–water partition coefficient (Wildman–Crippen LogP) is 4.90. The summed E-state index contributed by atoms with van der Waals surface area (Å²) < 4.78 is 21.1. The van der Waals surface area contributed by atoms with Crippen LogP contribution in [0.4, 0.5) is 4.39 Å². The van der Waals surface area contributed by atoms with Crippen LogP contribution in [0.3, 0.4) is 0 Å². The van der Waals surface area contributed by atoms with Crippen molar-refractivity contribution in [3.05, 3.63) is 84.8 Å². The highest BCUT2D eigenvalue weighted by Gasteiger charge is 2.17. The number of hydrogen-bond donors (Lipinski definition) is 0. The summed E-state index contributed by atoms with van der Waals surface area (Å²) in [4.78, 5) is 8.56. The average Bonchev–Trinajstić information content (AvgIpc) is 3.37. The van der Waals surface area contributed by atoms with Crippen LogP contribution >= 0.6 is 11.8 Å². The van der Waals surface area contributed by atoms with Gasteiger partial charge in [-0.05, 0) is 48.5 Å². The number of nitrogens with zero attached hydrogens (tertiary/aromatic N) is 5. The van der Waals surface area contributed by atoms with E-state index in [0.29, 0.717) is 22.6 Å². The number of benzene rings is 2. The van der Waals surface area contributed by atoms with Gasteiger partial charge in [-0.3, -0.25) is 9.55 Å². The maximum Gasteiger partial charge on any atom is 0.205 e. The zero-order chi connectivity index (χ0) is 19.6. The van der Waals surface area contributed by atoms with Gasteiger partial charge in [-0.1, -0.05) is 23.9 Å². The first-order chi connectivity index (χ1) is 14.3. The van der Waals surface area contributed by atoms with E-state index in [1.54, 1.807) is 24.5 Å². The van der Waals surface area contributed by atoms with Crippen molar-refractivity contribution in [2.45, 2.75) is 10.9 Å². The van der Waals surface area contributed by atoms with E-state index in [9.17, 15) is 4.39 Å². The van der Waals surface area contributed by atoms with Gasteiger partial charge in [-0.2, -0.15) is 0 Å². The fourth-order valence-corrected chi connectivity index (χ4v) is 3.78. The predicted molar refractivity (Wildman–Crippen MR) is 108 cm³/mol. The van der Waals surface area contributed by atoms with E-state index >= 15 is 0 Å². The molecule has 0 atom stereocenters.